The van der Waals surface area contributed by atoms with E-state index in [1.54, 1.807) is 5.57 Å². The summed E-state index contributed by atoms with van der Waals surface area (Å²) in [7, 11) is -4.65. The standard InChI is InChI=1S/C42H68O2Si2/c1-14-32(8)40-34(10)27-37-39(44-45(29(2)3,30(4)5)31(6)7)26-25-33(9)41(37)38(40)28-43-46(42(11,12)13,35-21-17-15-18-22-35)36-23-19-16-20-24-36/h14-24,29-31,33-34,37-41H,25-28H2,1-13H3/b32-14-/t33-,34-,37-,38+,39-,40+,41+/m0/s1. The van der Waals surface area contributed by atoms with Gasteiger partial charge in [0.05, 0.1) is 0 Å². The van der Waals surface area contributed by atoms with Gasteiger partial charge in [0.1, 0.15) is 0 Å². The number of fused-ring (bicyclic) bond motifs is 1. The predicted molar refractivity (Wildman–Crippen MR) is 205 cm³/mol. The molecule has 0 aromatic heterocycles. The Kier molecular flexibility index (Phi) is 12.2. The zero-order valence-electron chi connectivity index (χ0n) is 31.8. The van der Waals surface area contributed by atoms with Gasteiger partial charge in [-0.2, -0.15) is 0 Å². The highest BCUT2D eigenvalue weighted by atomic mass is 28.4. The van der Waals surface area contributed by atoms with Gasteiger partial charge in [-0.1, -0.05) is 148 Å². The molecular weight excluding hydrogens is 593 g/mol. The summed E-state index contributed by atoms with van der Waals surface area (Å²) < 4.78 is 15.5. The lowest BCUT2D eigenvalue weighted by Gasteiger charge is -2.57. The Labute approximate surface area is 286 Å². The van der Waals surface area contributed by atoms with Crippen molar-refractivity contribution in [2.75, 3.05) is 6.61 Å². The van der Waals surface area contributed by atoms with E-state index in [4.69, 9.17) is 8.85 Å². The van der Waals surface area contributed by atoms with Crippen LogP contribution in [-0.2, 0) is 8.85 Å². The van der Waals surface area contributed by atoms with Crippen LogP contribution in [0.3, 0.4) is 0 Å². The first-order valence-electron chi connectivity index (χ1n) is 18.7. The SMILES string of the molecule is C/C=C(/C)[C@H]1[C@@H](CO[Si](c2ccccc2)(c2ccccc2)C(C)(C)C)[C@H]2[C@@H](C[C@@H]1C)[C@@H](O[Si](C(C)C)(C(C)C)C(C)C)CC[C@@H]2C. The highest BCUT2D eigenvalue weighted by molar-refractivity contribution is 6.99. The smallest absolute Gasteiger partial charge is 0.261 e. The van der Waals surface area contributed by atoms with Gasteiger partial charge >= 0.3 is 0 Å². The van der Waals surface area contributed by atoms with Crippen LogP contribution < -0.4 is 10.4 Å². The van der Waals surface area contributed by atoms with Crippen LogP contribution in [0.15, 0.2) is 72.3 Å². The van der Waals surface area contributed by atoms with Crippen molar-refractivity contribution in [2.45, 2.75) is 137 Å². The van der Waals surface area contributed by atoms with Crippen molar-refractivity contribution in [3.63, 3.8) is 0 Å². The van der Waals surface area contributed by atoms with Gasteiger partial charge in [0, 0.05) is 12.7 Å². The summed E-state index contributed by atoms with van der Waals surface area (Å²) in [5, 5.41) is 2.74. The molecule has 256 valence electrons. The molecule has 7 atom stereocenters. The number of allylic oxidation sites excluding steroid dienone is 2. The first kappa shape index (κ1) is 37.4. The average molecular weight is 661 g/mol. The average Bonchev–Trinajstić information content (AvgIpc) is 3.00. The van der Waals surface area contributed by atoms with Crippen molar-refractivity contribution in [1.82, 2.24) is 0 Å². The van der Waals surface area contributed by atoms with Crippen LogP contribution in [0, 0.1) is 35.5 Å². The number of rotatable bonds is 11. The molecule has 2 aromatic carbocycles. The Morgan fingerprint density at radius 1 is 0.804 bits per heavy atom. The Morgan fingerprint density at radius 3 is 1.74 bits per heavy atom. The second kappa shape index (κ2) is 15.0. The predicted octanol–water partition coefficient (Wildman–Crippen LogP) is 11.0. The van der Waals surface area contributed by atoms with E-state index >= 15 is 0 Å². The molecular formula is C42H68O2Si2. The molecule has 0 aliphatic heterocycles. The maximum absolute atomic E-state index is 7.81. The highest BCUT2D eigenvalue weighted by Gasteiger charge is 2.56. The van der Waals surface area contributed by atoms with Gasteiger partial charge in [-0.05, 0) is 101 Å². The zero-order valence-corrected chi connectivity index (χ0v) is 33.8. The Morgan fingerprint density at radius 2 is 1.30 bits per heavy atom. The van der Waals surface area contributed by atoms with Crippen LogP contribution in [-0.4, -0.2) is 29.3 Å². The molecule has 2 saturated carbocycles. The molecule has 0 amide bonds. The normalized spacial score (nSPS) is 28.2. The molecule has 2 aliphatic rings. The Balaban J connectivity index is 1.82. The first-order valence-corrected chi connectivity index (χ1v) is 22.7. The maximum atomic E-state index is 7.81. The quantitative estimate of drug-likeness (QED) is 0.176. The molecule has 0 N–H and O–H groups in total. The first-order chi connectivity index (χ1) is 21.6. The third-order valence-electron chi connectivity index (χ3n) is 12.7. The van der Waals surface area contributed by atoms with Gasteiger partial charge < -0.3 is 8.85 Å². The minimum atomic E-state index is -2.65. The zero-order chi connectivity index (χ0) is 34.0. The third kappa shape index (κ3) is 6.84. The topological polar surface area (TPSA) is 18.5 Å². The lowest BCUT2D eigenvalue weighted by molar-refractivity contribution is -0.0808. The third-order valence-corrected chi connectivity index (χ3v) is 23.8. The van der Waals surface area contributed by atoms with Crippen molar-refractivity contribution in [1.29, 1.82) is 0 Å². The number of hydrogen-bond acceptors (Lipinski definition) is 2. The summed E-state index contributed by atoms with van der Waals surface area (Å²) in [6, 6.07) is 22.5. The fourth-order valence-corrected chi connectivity index (χ4v) is 21.0. The molecule has 4 heteroatoms. The van der Waals surface area contributed by atoms with Crippen LogP contribution in [0.5, 0.6) is 0 Å². The minimum absolute atomic E-state index is 0.0264. The van der Waals surface area contributed by atoms with E-state index in [1.807, 2.05) is 0 Å². The van der Waals surface area contributed by atoms with E-state index in [-0.39, 0.29) is 5.04 Å². The van der Waals surface area contributed by atoms with Crippen LogP contribution in [0.4, 0.5) is 0 Å². The molecule has 0 spiro atoms. The molecule has 0 unspecified atom stereocenters. The van der Waals surface area contributed by atoms with Crippen molar-refractivity contribution in [2.24, 2.45) is 35.5 Å². The summed E-state index contributed by atoms with van der Waals surface area (Å²) in [6.07, 6.45) is 6.50. The fourth-order valence-electron chi connectivity index (χ4n) is 10.8. The molecule has 0 heterocycles. The van der Waals surface area contributed by atoms with Gasteiger partial charge in [-0.3, -0.25) is 0 Å². The van der Waals surface area contributed by atoms with Crippen LogP contribution in [0.2, 0.25) is 21.7 Å². The lowest BCUT2D eigenvalue weighted by Crippen LogP contribution is -2.67. The largest absolute Gasteiger partial charge is 0.413 e. The van der Waals surface area contributed by atoms with Gasteiger partial charge in [-0.15, -0.1) is 0 Å². The summed E-state index contributed by atoms with van der Waals surface area (Å²) in [6.45, 7) is 32.5. The van der Waals surface area contributed by atoms with Crippen molar-refractivity contribution >= 4 is 27.0 Å². The lowest BCUT2D eigenvalue weighted by atomic mass is 9.53. The number of hydrogen-bond donors (Lipinski definition) is 0. The highest BCUT2D eigenvalue weighted by Crippen LogP contribution is 2.56. The summed E-state index contributed by atoms with van der Waals surface area (Å²) in [5.74, 6) is 3.48. The number of benzene rings is 2. The van der Waals surface area contributed by atoms with Gasteiger partial charge in [0.15, 0.2) is 0 Å². The molecule has 2 aliphatic carbocycles. The second-order valence-corrected chi connectivity index (χ2v) is 26.9. The molecule has 0 bridgehead atoms. The summed E-state index contributed by atoms with van der Waals surface area (Å²) in [4.78, 5) is 0. The molecule has 0 saturated heterocycles. The monoisotopic (exact) mass is 660 g/mol. The van der Waals surface area contributed by atoms with E-state index in [9.17, 15) is 0 Å². The molecule has 2 nitrogen and oxygen atoms in total. The molecule has 46 heavy (non-hydrogen) atoms. The van der Waals surface area contributed by atoms with Crippen molar-refractivity contribution < 1.29 is 8.85 Å². The van der Waals surface area contributed by atoms with Gasteiger partial charge in [0.25, 0.3) is 8.32 Å². The van der Waals surface area contributed by atoms with E-state index in [2.05, 4.69) is 157 Å². The van der Waals surface area contributed by atoms with Gasteiger partial charge in [-0.25, -0.2) is 0 Å². The van der Waals surface area contributed by atoms with E-state index in [0.29, 0.717) is 58.2 Å². The molecule has 0 radical (unpaired) electrons. The fraction of sp³-hybridized carbons (Fsp3) is 0.667. The van der Waals surface area contributed by atoms with Crippen molar-refractivity contribution in [3.8, 4) is 0 Å². The second-order valence-electron chi connectivity index (χ2n) is 17.2. The Bertz CT molecular complexity index is 1200. The molecule has 2 aromatic rings. The van der Waals surface area contributed by atoms with Crippen LogP contribution in [0.25, 0.3) is 0 Å². The minimum Gasteiger partial charge on any atom is -0.413 e. The molecule has 4 rings (SSSR count). The van der Waals surface area contributed by atoms with E-state index in [1.165, 1.54) is 29.6 Å². The Hall–Kier alpha value is -1.47. The summed E-state index contributed by atoms with van der Waals surface area (Å²) in [5.41, 5.74) is 3.38. The van der Waals surface area contributed by atoms with Crippen LogP contribution in [0.1, 0.15) is 109 Å². The summed E-state index contributed by atoms with van der Waals surface area (Å²) >= 11 is 0. The maximum Gasteiger partial charge on any atom is 0.261 e. The van der Waals surface area contributed by atoms with E-state index < -0.39 is 16.6 Å². The van der Waals surface area contributed by atoms with Crippen molar-refractivity contribution in [3.05, 3.63) is 72.3 Å². The van der Waals surface area contributed by atoms with Gasteiger partial charge in [0.2, 0.25) is 8.32 Å². The molecule has 2 fully saturated rings. The van der Waals surface area contributed by atoms with Crippen LogP contribution >= 0.6 is 0 Å². The van der Waals surface area contributed by atoms with E-state index in [0.717, 1.165) is 6.61 Å².